The third-order valence-corrected chi connectivity index (χ3v) is 14.9. The van der Waals surface area contributed by atoms with Gasteiger partial charge in [0.05, 0.1) is 30.5 Å². The predicted molar refractivity (Wildman–Crippen MR) is 213 cm³/mol. The molecule has 13 nitrogen and oxygen atoms in total. The molecule has 9 atom stereocenters. The Kier molecular flexibility index (Phi) is 10.2. The highest BCUT2D eigenvalue weighted by molar-refractivity contribution is 6.01. The van der Waals surface area contributed by atoms with Gasteiger partial charge in [0, 0.05) is 61.2 Å². The van der Waals surface area contributed by atoms with Gasteiger partial charge < -0.3 is 39.8 Å². The minimum atomic E-state index is -2.13. The largest absolute Gasteiger partial charge is 0.492 e. The summed E-state index contributed by atoms with van der Waals surface area (Å²) in [6.07, 6.45) is 6.37. The second kappa shape index (κ2) is 14.6. The molecule has 4 N–H and O–H groups in total. The molecule has 8 rings (SSSR count). The number of aliphatic hydroxyl groups excluding tert-OH is 1. The van der Waals surface area contributed by atoms with Crippen molar-refractivity contribution < 1.29 is 47.6 Å². The molecule has 5 fully saturated rings. The van der Waals surface area contributed by atoms with Crippen molar-refractivity contribution in [1.29, 1.82) is 0 Å². The number of benzene rings is 1. The quantitative estimate of drug-likeness (QED) is 0.256. The first-order valence-corrected chi connectivity index (χ1v) is 20.8. The molecule has 4 saturated carbocycles. The SMILES string of the molecule is COc1c(N2CCNC(C)C2)c(F)cc2c(=O)c(C(=O)NCCC(=O)OCC(=O)[C@]3(O)[C@@H](C)C[C@@H]4[C@H]5CCC6=CC(=O)C=C[C@@]6(C)[C@]5(F)[C@H](O)C[C@]43C)cn(C3CC3)c12. The molecule has 1 saturated heterocycles. The maximum absolute atomic E-state index is 17.5. The number of piperazine rings is 1. The number of anilines is 1. The maximum atomic E-state index is 17.5. The number of nitrogens with zero attached hydrogens (tertiary/aromatic N) is 2. The van der Waals surface area contributed by atoms with Crippen molar-refractivity contribution in [3.05, 3.63) is 57.7 Å². The number of carbonyl (C=O) groups is 4. The number of fused-ring (bicyclic) bond motifs is 6. The summed E-state index contributed by atoms with van der Waals surface area (Å²) in [5.74, 6) is -4.82. The molecule has 2 aromatic rings. The van der Waals surface area contributed by atoms with E-state index < -0.39 is 81.5 Å². The van der Waals surface area contributed by atoms with E-state index in [9.17, 15) is 34.2 Å². The van der Waals surface area contributed by atoms with Crippen LogP contribution in [0.5, 0.6) is 5.75 Å². The van der Waals surface area contributed by atoms with Crippen LogP contribution in [0.25, 0.3) is 10.9 Å². The van der Waals surface area contributed by atoms with E-state index in [4.69, 9.17) is 9.47 Å². The summed E-state index contributed by atoms with van der Waals surface area (Å²) in [5, 5.41) is 29.7. The van der Waals surface area contributed by atoms with Crippen LogP contribution in [-0.4, -0.2) is 102 Å². The smallest absolute Gasteiger partial charge is 0.308 e. The van der Waals surface area contributed by atoms with Crippen LogP contribution in [0.15, 0.2) is 40.9 Å². The fourth-order valence-electron chi connectivity index (χ4n) is 11.7. The molecule has 1 aromatic carbocycles. The number of methoxy groups -OCH3 is 1. The molecule has 5 aliphatic carbocycles. The highest BCUT2D eigenvalue weighted by Gasteiger charge is 2.75. The summed E-state index contributed by atoms with van der Waals surface area (Å²) >= 11 is 0. The molecular weight excluding hydrogens is 766 g/mol. The van der Waals surface area contributed by atoms with Crippen LogP contribution in [-0.2, 0) is 19.1 Å². The number of pyridine rings is 1. The number of ether oxygens (including phenoxy) is 2. The van der Waals surface area contributed by atoms with Crippen LogP contribution in [0.3, 0.4) is 0 Å². The average molecular weight is 821 g/mol. The summed E-state index contributed by atoms with van der Waals surface area (Å²) in [7, 11) is 1.43. The van der Waals surface area contributed by atoms with Crippen LogP contribution in [0, 0.1) is 34.4 Å². The summed E-state index contributed by atoms with van der Waals surface area (Å²) in [6, 6.07) is 1.26. The topological polar surface area (TPSA) is 176 Å². The summed E-state index contributed by atoms with van der Waals surface area (Å²) < 4.78 is 46.3. The number of ketones is 2. The van der Waals surface area contributed by atoms with Gasteiger partial charge in [-0.15, -0.1) is 0 Å². The van der Waals surface area contributed by atoms with Gasteiger partial charge in [-0.1, -0.05) is 25.5 Å². The number of halogens is 2. The first-order chi connectivity index (χ1) is 27.9. The van der Waals surface area contributed by atoms with Gasteiger partial charge in [0.15, 0.2) is 29.6 Å². The predicted octanol–water partition coefficient (Wildman–Crippen LogP) is 3.86. The Labute approximate surface area is 341 Å². The van der Waals surface area contributed by atoms with Crippen molar-refractivity contribution in [2.24, 2.45) is 28.6 Å². The standard InChI is InChI=1S/C44H54F2N4O9/c1-23-16-31-30-9-6-25-17-27(51)10-12-41(25,3)43(30,46)33(52)19-42(31,4)44(23,57)34(53)22-59-35(54)11-13-48-40(56)29-21-50(26-7-8-26)36-28(38(29)55)18-32(45)37(39(36)58-5)49-15-14-47-24(2)20-49/h10,12,17-18,21,23-24,26,30-31,33,47,52,57H,6-9,11,13-16,19-20,22H2,1-5H3,(H,48,56)/t23-,24?,30+,31+,33+,41+,42+,43+,44+/m0/s1. The monoisotopic (exact) mass is 820 g/mol. The van der Waals surface area contributed by atoms with Gasteiger partial charge in [-0.05, 0) is 82.4 Å². The zero-order chi connectivity index (χ0) is 42.4. The number of rotatable bonds is 10. The molecule has 1 unspecified atom stereocenters. The van der Waals surface area contributed by atoms with E-state index in [2.05, 4.69) is 10.6 Å². The number of aromatic nitrogens is 1. The van der Waals surface area contributed by atoms with E-state index >= 15 is 8.78 Å². The third kappa shape index (κ3) is 6.19. The van der Waals surface area contributed by atoms with Gasteiger partial charge in [0.2, 0.25) is 11.2 Å². The van der Waals surface area contributed by atoms with Crippen molar-refractivity contribution in [3.8, 4) is 5.75 Å². The number of allylic oxidation sites excluding steroid dienone is 4. The van der Waals surface area contributed by atoms with Gasteiger partial charge in [-0.3, -0.25) is 24.0 Å². The Morgan fingerprint density at radius 1 is 1.12 bits per heavy atom. The molecule has 0 bridgehead atoms. The second-order valence-electron chi connectivity index (χ2n) is 18.2. The molecule has 1 amide bonds. The first-order valence-electron chi connectivity index (χ1n) is 20.8. The van der Waals surface area contributed by atoms with Crippen molar-refractivity contribution in [3.63, 3.8) is 0 Å². The van der Waals surface area contributed by atoms with Crippen LogP contribution in [0.2, 0.25) is 0 Å². The lowest BCUT2D eigenvalue weighted by Crippen LogP contribution is -2.69. The lowest BCUT2D eigenvalue weighted by Gasteiger charge is -2.62. The highest BCUT2D eigenvalue weighted by atomic mass is 19.1. The molecule has 59 heavy (non-hydrogen) atoms. The van der Waals surface area contributed by atoms with Gasteiger partial charge >= 0.3 is 5.97 Å². The molecule has 15 heteroatoms. The normalized spacial score (nSPS) is 35.1. The number of nitrogens with one attached hydrogen (secondary N) is 2. The Bertz CT molecular complexity index is 2260. The number of alkyl halides is 1. The Balaban J connectivity index is 0.935. The second-order valence-corrected chi connectivity index (χ2v) is 18.2. The summed E-state index contributed by atoms with van der Waals surface area (Å²) in [4.78, 5) is 68.1. The Morgan fingerprint density at radius 2 is 1.86 bits per heavy atom. The molecule has 1 aromatic heterocycles. The molecule has 1 aliphatic heterocycles. The third-order valence-electron chi connectivity index (χ3n) is 14.9. The molecule has 6 aliphatic rings. The van der Waals surface area contributed by atoms with E-state index in [-0.39, 0.29) is 59.6 Å². The zero-order valence-electron chi connectivity index (χ0n) is 34.2. The van der Waals surface area contributed by atoms with Crippen LogP contribution >= 0.6 is 0 Å². The number of Topliss-reactive ketones (excluding diaryl/α,β-unsaturated/α-hetero) is 1. The molecule has 0 spiro atoms. The first kappa shape index (κ1) is 41.3. The molecular formula is C44H54F2N4O9. The minimum absolute atomic E-state index is 0.00282. The number of hydrogen-bond acceptors (Lipinski definition) is 11. The van der Waals surface area contributed by atoms with Gasteiger partial charge in [0.1, 0.15) is 16.9 Å². The van der Waals surface area contributed by atoms with Crippen LogP contribution in [0.1, 0.15) is 89.0 Å². The number of carbonyl (C=O) groups excluding carboxylic acids is 4. The lowest BCUT2D eigenvalue weighted by atomic mass is 9.44. The van der Waals surface area contributed by atoms with Crippen molar-refractivity contribution in [2.45, 2.75) is 102 Å². The summed E-state index contributed by atoms with van der Waals surface area (Å²) in [6.45, 7) is 7.83. The minimum Gasteiger partial charge on any atom is -0.492 e. The van der Waals surface area contributed by atoms with E-state index in [1.165, 1.54) is 25.5 Å². The highest BCUT2D eigenvalue weighted by Crippen LogP contribution is 2.70. The average Bonchev–Trinajstić information content (AvgIpc) is 4.02. The lowest BCUT2D eigenvalue weighted by molar-refractivity contribution is -0.220. The molecule has 318 valence electrons. The van der Waals surface area contributed by atoms with Crippen LogP contribution in [0.4, 0.5) is 14.5 Å². The number of hydrogen-bond donors (Lipinski definition) is 4. The van der Waals surface area contributed by atoms with Gasteiger partial charge in [0.25, 0.3) is 5.91 Å². The Hall–Kier alpha value is -4.47. The van der Waals surface area contributed by atoms with Gasteiger partial charge in [-0.25, -0.2) is 8.78 Å². The van der Waals surface area contributed by atoms with E-state index in [0.717, 1.165) is 18.9 Å². The van der Waals surface area contributed by atoms with Crippen molar-refractivity contribution in [2.75, 3.05) is 44.8 Å². The Morgan fingerprint density at radius 3 is 2.56 bits per heavy atom. The van der Waals surface area contributed by atoms with Gasteiger partial charge in [-0.2, -0.15) is 0 Å². The molecule has 0 radical (unpaired) electrons. The fourth-order valence-corrected chi connectivity index (χ4v) is 11.7. The number of aliphatic hydroxyl groups is 2. The van der Waals surface area contributed by atoms with E-state index in [1.54, 1.807) is 31.4 Å². The molecule has 2 heterocycles. The fraction of sp³-hybridized carbons (Fsp3) is 0.614. The van der Waals surface area contributed by atoms with E-state index in [0.29, 0.717) is 50.0 Å². The van der Waals surface area contributed by atoms with Crippen molar-refractivity contribution in [1.82, 2.24) is 15.2 Å². The number of amides is 1. The maximum Gasteiger partial charge on any atom is 0.308 e. The number of esters is 1. The van der Waals surface area contributed by atoms with E-state index in [1.807, 2.05) is 11.8 Å². The van der Waals surface area contributed by atoms with Crippen molar-refractivity contribution >= 4 is 40.0 Å². The zero-order valence-corrected chi connectivity index (χ0v) is 34.2. The van der Waals surface area contributed by atoms with Crippen LogP contribution < -0.4 is 25.7 Å². The summed E-state index contributed by atoms with van der Waals surface area (Å²) in [5.41, 5.74) is -6.22.